The highest BCUT2D eigenvalue weighted by molar-refractivity contribution is 5.59. The molecule has 0 radical (unpaired) electrons. The summed E-state index contributed by atoms with van der Waals surface area (Å²) in [6, 6.07) is 9.68. The van der Waals surface area contributed by atoms with Gasteiger partial charge in [0.2, 0.25) is 5.95 Å². The highest BCUT2D eigenvalue weighted by Gasteiger charge is 2.15. The molecule has 0 fully saturated rings. The molecule has 0 bridgehead atoms. The van der Waals surface area contributed by atoms with Crippen molar-refractivity contribution in [3.63, 3.8) is 0 Å². The second-order valence-corrected chi connectivity index (χ2v) is 6.41. The molecule has 0 amide bonds. The van der Waals surface area contributed by atoms with Crippen LogP contribution in [0.2, 0.25) is 0 Å². The molecule has 146 valence electrons. The molecule has 28 heavy (non-hydrogen) atoms. The van der Waals surface area contributed by atoms with Gasteiger partial charge in [-0.1, -0.05) is 12.1 Å². The van der Waals surface area contributed by atoms with Gasteiger partial charge in [-0.05, 0) is 36.8 Å². The number of aliphatic hydroxyl groups is 2. The van der Waals surface area contributed by atoms with Crippen LogP contribution in [-0.2, 0) is 0 Å². The highest BCUT2D eigenvalue weighted by Crippen LogP contribution is 2.20. The number of hydrogen-bond donors (Lipinski definition) is 3. The summed E-state index contributed by atoms with van der Waals surface area (Å²) in [5, 5.41) is 21.8. The molecule has 2 aromatic heterocycles. The SMILES string of the molecule is CC(CO)Nc1nccc(-c2ccn(C(CO)c3cccc(F)c3)c(=O)c2)n1. The van der Waals surface area contributed by atoms with E-state index in [0.717, 1.165) is 0 Å². The molecular weight excluding hydrogens is 363 g/mol. The van der Waals surface area contributed by atoms with Gasteiger partial charge in [0.05, 0.1) is 24.9 Å². The van der Waals surface area contributed by atoms with E-state index in [0.29, 0.717) is 22.8 Å². The second-order valence-electron chi connectivity index (χ2n) is 6.41. The van der Waals surface area contributed by atoms with Crippen LogP contribution in [0.1, 0.15) is 18.5 Å². The lowest BCUT2D eigenvalue weighted by molar-refractivity contribution is 0.247. The normalized spacial score (nSPS) is 13.1. The number of halogens is 1. The average Bonchev–Trinajstić information content (AvgIpc) is 2.70. The lowest BCUT2D eigenvalue weighted by Crippen LogP contribution is -2.27. The molecule has 2 atom stereocenters. The summed E-state index contributed by atoms with van der Waals surface area (Å²) in [5.41, 5.74) is 1.28. The monoisotopic (exact) mass is 384 g/mol. The fourth-order valence-electron chi connectivity index (χ4n) is 2.83. The average molecular weight is 384 g/mol. The number of anilines is 1. The number of nitrogens with zero attached hydrogens (tertiary/aromatic N) is 3. The molecular formula is C20H21FN4O3. The van der Waals surface area contributed by atoms with Crippen molar-refractivity contribution in [3.05, 3.63) is 76.6 Å². The maximum Gasteiger partial charge on any atom is 0.251 e. The largest absolute Gasteiger partial charge is 0.394 e. The van der Waals surface area contributed by atoms with Crippen molar-refractivity contribution in [2.24, 2.45) is 0 Å². The first kappa shape index (κ1) is 19.7. The van der Waals surface area contributed by atoms with Crippen LogP contribution >= 0.6 is 0 Å². The molecule has 0 saturated carbocycles. The minimum Gasteiger partial charge on any atom is -0.394 e. The van der Waals surface area contributed by atoms with E-state index in [4.69, 9.17) is 5.11 Å². The lowest BCUT2D eigenvalue weighted by atomic mass is 10.1. The third-order valence-electron chi connectivity index (χ3n) is 4.29. The molecule has 0 saturated heterocycles. The van der Waals surface area contributed by atoms with Crippen molar-refractivity contribution < 1.29 is 14.6 Å². The van der Waals surface area contributed by atoms with Crippen LogP contribution in [0.15, 0.2) is 59.7 Å². The summed E-state index contributed by atoms with van der Waals surface area (Å²) >= 11 is 0. The van der Waals surface area contributed by atoms with Crippen molar-refractivity contribution >= 4 is 5.95 Å². The number of nitrogens with one attached hydrogen (secondary N) is 1. The molecule has 3 N–H and O–H groups in total. The number of hydrogen-bond acceptors (Lipinski definition) is 6. The predicted molar refractivity (Wildman–Crippen MR) is 104 cm³/mol. The molecule has 3 rings (SSSR count). The fraction of sp³-hybridized carbons (Fsp3) is 0.250. The summed E-state index contributed by atoms with van der Waals surface area (Å²) in [4.78, 5) is 21.1. The van der Waals surface area contributed by atoms with Crippen molar-refractivity contribution in [2.75, 3.05) is 18.5 Å². The van der Waals surface area contributed by atoms with E-state index in [1.54, 1.807) is 37.5 Å². The summed E-state index contributed by atoms with van der Waals surface area (Å²) in [6.45, 7) is 1.38. The van der Waals surface area contributed by atoms with E-state index in [1.165, 1.54) is 28.8 Å². The van der Waals surface area contributed by atoms with Crippen LogP contribution in [0, 0.1) is 5.82 Å². The van der Waals surface area contributed by atoms with Crippen LogP contribution in [0.25, 0.3) is 11.3 Å². The van der Waals surface area contributed by atoms with E-state index < -0.39 is 11.9 Å². The molecule has 2 heterocycles. The van der Waals surface area contributed by atoms with E-state index in [2.05, 4.69) is 15.3 Å². The fourth-order valence-corrected chi connectivity index (χ4v) is 2.83. The van der Waals surface area contributed by atoms with E-state index in [9.17, 15) is 14.3 Å². The summed E-state index contributed by atoms with van der Waals surface area (Å²) in [7, 11) is 0. The van der Waals surface area contributed by atoms with Gasteiger partial charge in [0.1, 0.15) is 5.82 Å². The molecule has 0 aliphatic heterocycles. The Morgan fingerprint density at radius 2 is 2.00 bits per heavy atom. The van der Waals surface area contributed by atoms with Gasteiger partial charge in [-0.15, -0.1) is 0 Å². The van der Waals surface area contributed by atoms with Crippen LogP contribution in [0.4, 0.5) is 10.3 Å². The van der Waals surface area contributed by atoms with Crippen molar-refractivity contribution in [1.29, 1.82) is 0 Å². The molecule has 2 unspecified atom stereocenters. The van der Waals surface area contributed by atoms with Crippen LogP contribution in [0.3, 0.4) is 0 Å². The zero-order chi connectivity index (χ0) is 20.1. The lowest BCUT2D eigenvalue weighted by Gasteiger charge is -2.18. The third kappa shape index (κ3) is 4.41. The maximum absolute atomic E-state index is 13.5. The molecule has 1 aromatic carbocycles. The number of pyridine rings is 1. The number of benzene rings is 1. The Labute approximate surface area is 161 Å². The zero-order valence-corrected chi connectivity index (χ0v) is 15.3. The third-order valence-corrected chi connectivity index (χ3v) is 4.29. The highest BCUT2D eigenvalue weighted by atomic mass is 19.1. The van der Waals surface area contributed by atoms with Crippen LogP contribution in [-0.4, -0.2) is 44.0 Å². The van der Waals surface area contributed by atoms with Crippen molar-refractivity contribution in [2.45, 2.75) is 19.0 Å². The van der Waals surface area contributed by atoms with Gasteiger partial charge in [-0.2, -0.15) is 0 Å². The summed E-state index contributed by atoms with van der Waals surface area (Å²) in [6.07, 6.45) is 3.11. The zero-order valence-electron chi connectivity index (χ0n) is 15.3. The standard InChI is InChI=1S/C20H21FN4O3/c1-13(11-26)23-20-22-7-5-17(24-20)14-6-8-25(19(28)10-14)18(12-27)15-3-2-4-16(21)9-15/h2-10,13,18,26-27H,11-12H2,1H3,(H,22,23,24). The quantitative estimate of drug-likeness (QED) is 0.575. The predicted octanol–water partition coefficient (Wildman–Crippen LogP) is 1.82. The molecule has 0 aliphatic carbocycles. The summed E-state index contributed by atoms with van der Waals surface area (Å²) < 4.78 is 14.9. The van der Waals surface area contributed by atoms with Crippen molar-refractivity contribution in [1.82, 2.24) is 14.5 Å². The minimum absolute atomic E-state index is 0.0632. The number of aliphatic hydroxyl groups excluding tert-OH is 2. The Morgan fingerprint density at radius 3 is 2.68 bits per heavy atom. The van der Waals surface area contributed by atoms with Crippen LogP contribution in [0.5, 0.6) is 0 Å². The number of rotatable bonds is 7. The second kappa shape index (κ2) is 8.73. The topological polar surface area (TPSA) is 100 Å². The van der Waals surface area contributed by atoms with Gasteiger partial charge in [-0.3, -0.25) is 4.79 Å². The minimum atomic E-state index is -0.690. The van der Waals surface area contributed by atoms with Gasteiger partial charge in [0.25, 0.3) is 5.56 Å². The van der Waals surface area contributed by atoms with Crippen LogP contribution < -0.4 is 10.9 Å². The molecule has 3 aromatic rings. The smallest absolute Gasteiger partial charge is 0.251 e. The van der Waals surface area contributed by atoms with Gasteiger partial charge in [0.15, 0.2) is 0 Å². The Bertz CT molecular complexity index is 1010. The Morgan fingerprint density at radius 1 is 1.18 bits per heavy atom. The Kier molecular flexibility index (Phi) is 6.13. The van der Waals surface area contributed by atoms with E-state index >= 15 is 0 Å². The number of aromatic nitrogens is 3. The van der Waals surface area contributed by atoms with Gasteiger partial charge in [-0.25, -0.2) is 14.4 Å². The molecule has 0 spiro atoms. The van der Waals surface area contributed by atoms with E-state index in [1.807, 2.05) is 0 Å². The first-order valence-corrected chi connectivity index (χ1v) is 8.81. The summed E-state index contributed by atoms with van der Waals surface area (Å²) in [5.74, 6) is -0.0880. The Balaban J connectivity index is 1.92. The molecule has 7 nitrogen and oxygen atoms in total. The first-order valence-electron chi connectivity index (χ1n) is 8.81. The van der Waals surface area contributed by atoms with Gasteiger partial charge >= 0.3 is 0 Å². The first-order chi connectivity index (χ1) is 13.5. The van der Waals surface area contributed by atoms with Gasteiger partial charge < -0.3 is 20.1 Å². The van der Waals surface area contributed by atoms with Gasteiger partial charge in [0, 0.05) is 30.1 Å². The molecule has 8 heteroatoms. The van der Waals surface area contributed by atoms with E-state index in [-0.39, 0.29) is 24.8 Å². The maximum atomic E-state index is 13.5. The van der Waals surface area contributed by atoms with Crippen molar-refractivity contribution in [3.8, 4) is 11.3 Å². The Hall–Kier alpha value is -3.10. The molecule has 0 aliphatic rings.